The standard InChI is InChI=1S/C16H16F3N5O/c17-11-2-3-12(15(19)14(11)18)22-10-13(25)23-6-8-24(9-7-23)16-20-4-1-5-21-16/h1-5,22H,6-10H2. The lowest BCUT2D eigenvalue weighted by Gasteiger charge is -2.34. The largest absolute Gasteiger partial charge is 0.374 e. The molecule has 1 fully saturated rings. The van der Waals surface area contributed by atoms with Gasteiger partial charge in [0.15, 0.2) is 17.5 Å². The van der Waals surface area contributed by atoms with E-state index in [2.05, 4.69) is 15.3 Å². The van der Waals surface area contributed by atoms with E-state index in [-0.39, 0.29) is 18.1 Å². The van der Waals surface area contributed by atoms with Gasteiger partial charge in [-0.2, -0.15) is 0 Å². The Kier molecular flexibility index (Phi) is 5.01. The first-order chi connectivity index (χ1) is 12.1. The molecule has 0 unspecified atom stereocenters. The lowest BCUT2D eigenvalue weighted by atomic mass is 10.2. The third-order valence-electron chi connectivity index (χ3n) is 3.93. The number of carbonyl (C=O) groups excluding carboxylic acids is 1. The molecular weight excluding hydrogens is 335 g/mol. The Balaban J connectivity index is 1.53. The van der Waals surface area contributed by atoms with Gasteiger partial charge in [0, 0.05) is 38.6 Å². The molecule has 1 saturated heterocycles. The molecule has 9 heteroatoms. The van der Waals surface area contributed by atoms with Crippen LogP contribution < -0.4 is 10.2 Å². The van der Waals surface area contributed by atoms with E-state index in [1.165, 1.54) is 0 Å². The zero-order valence-electron chi connectivity index (χ0n) is 13.3. The third kappa shape index (κ3) is 3.81. The molecule has 1 aromatic carbocycles. The Morgan fingerprint density at radius 3 is 2.40 bits per heavy atom. The van der Waals surface area contributed by atoms with Crippen molar-refractivity contribution in [3.63, 3.8) is 0 Å². The second-order valence-corrected chi connectivity index (χ2v) is 5.49. The number of carbonyl (C=O) groups is 1. The summed E-state index contributed by atoms with van der Waals surface area (Å²) in [6.07, 6.45) is 3.31. The van der Waals surface area contributed by atoms with Gasteiger partial charge in [0.25, 0.3) is 0 Å². The summed E-state index contributed by atoms with van der Waals surface area (Å²) in [7, 11) is 0. The maximum absolute atomic E-state index is 13.6. The normalized spacial score (nSPS) is 14.5. The molecule has 6 nitrogen and oxygen atoms in total. The lowest BCUT2D eigenvalue weighted by Crippen LogP contribution is -2.50. The third-order valence-corrected chi connectivity index (χ3v) is 3.93. The second-order valence-electron chi connectivity index (χ2n) is 5.49. The highest BCUT2D eigenvalue weighted by atomic mass is 19.2. The zero-order valence-corrected chi connectivity index (χ0v) is 13.3. The highest BCUT2D eigenvalue weighted by molar-refractivity contribution is 5.81. The van der Waals surface area contributed by atoms with Gasteiger partial charge in [-0.25, -0.2) is 23.1 Å². The first-order valence-corrected chi connectivity index (χ1v) is 7.73. The second kappa shape index (κ2) is 7.37. The summed E-state index contributed by atoms with van der Waals surface area (Å²) in [5.74, 6) is -3.81. The van der Waals surface area contributed by atoms with E-state index in [0.29, 0.717) is 32.1 Å². The van der Waals surface area contributed by atoms with Crippen LogP contribution in [-0.4, -0.2) is 53.5 Å². The van der Waals surface area contributed by atoms with Crippen molar-refractivity contribution in [2.24, 2.45) is 0 Å². The number of anilines is 2. The summed E-state index contributed by atoms with van der Waals surface area (Å²) in [4.78, 5) is 24.1. The number of nitrogens with zero attached hydrogens (tertiary/aromatic N) is 4. The number of rotatable bonds is 4. The number of benzene rings is 1. The van der Waals surface area contributed by atoms with Gasteiger partial charge in [0.1, 0.15) is 0 Å². The molecular formula is C16H16F3N5O. The number of piperazine rings is 1. The quantitative estimate of drug-likeness (QED) is 0.849. The maximum Gasteiger partial charge on any atom is 0.241 e. The molecule has 0 bridgehead atoms. The monoisotopic (exact) mass is 351 g/mol. The van der Waals surface area contributed by atoms with Crippen molar-refractivity contribution in [1.29, 1.82) is 0 Å². The van der Waals surface area contributed by atoms with E-state index in [0.717, 1.165) is 12.1 Å². The minimum absolute atomic E-state index is 0.205. The topological polar surface area (TPSA) is 61.4 Å². The molecule has 2 aromatic rings. The van der Waals surface area contributed by atoms with Crippen LogP contribution in [0.1, 0.15) is 0 Å². The molecule has 132 valence electrons. The van der Waals surface area contributed by atoms with Crippen LogP contribution in [0.25, 0.3) is 0 Å². The van der Waals surface area contributed by atoms with Crippen molar-refractivity contribution >= 4 is 17.5 Å². The fourth-order valence-electron chi connectivity index (χ4n) is 2.56. The van der Waals surface area contributed by atoms with Crippen molar-refractivity contribution in [2.75, 3.05) is 42.9 Å². The van der Waals surface area contributed by atoms with Gasteiger partial charge in [-0.1, -0.05) is 0 Å². The Morgan fingerprint density at radius 2 is 1.72 bits per heavy atom. The van der Waals surface area contributed by atoms with Gasteiger partial charge < -0.3 is 15.1 Å². The van der Waals surface area contributed by atoms with E-state index >= 15 is 0 Å². The van der Waals surface area contributed by atoms with Gasteiger partial charge in [0.05, 0.1) is 12.2 Å². The molecule has 1 amide bonds. The first-order valence-electron chi connectivity index (χ1n) is 7.73. The van der Waals surface area contributed by atoms with Crippen molar-refractivity contribution in [3.8, 4) is 0 Å². The predicted octanol–water partition coefficient (Wildman–Crippen LogP) is 1.65. The Labute approximate surface area is 142 Å². The molecule has 1 N–H and O–H groups in total. The summed E-state index contributed by atoms with van der Waals surface area (Å²) in [6.45, 7) is 1.90. The smallest absolute Gasteiger partial charge is 0.241 e. The molecule has 2 heterocycles. The molecule has 0 saturated carbocycles. The fraction of sp³-hybridized carbons (Fsp3) is 0.312. The molecule has 0 atom stereocenters. The molecule has 0 radical (unpaired) electrons. The first kappa shape index (κ1) is 17.0. The van der Waals surface area contributed by atoms with Crippen LogP contribution in [0.15, 0.2) is 30.6 Å². The summed E-state index contributed by atoms with van der Waals surface area (Å²) in [5, 5.41) is 2.51. The summed E-state index contributed by atoms with van der Waals surface area (Å²) in [6, 6.07) is 3.60. The molecule has 1 aliphatic rings. The Hall–Kier alpha value is -2.84. The SMILES string of the molecule is O=C(CNc1ccc(F)c(F)c1F)N1CCN(c2ncccn2)CC1. The van der Waals surface area contributed by atoms with Crippen molar-refractivity contribution in [3.05, 3.63) is 48.0 Å². The van der Waals surface area contributed by atoms with Gasteiger partial charge >= 0.3 is 0 Å². The van der Waals surface area contributed by atoms with Crippen LogP contribution in [0, 0.1) is 17.5 Å². The van der Waals surface area contributed by atoms with E-state index in [9.17, 15) is 18.0 Å². The number of hydrogen-bond acceptors (Lipinski definition) is 5. The van der Waals surface area contributed by atoms with Crippen molar-refractivity contribution in [1.82, 2.24) is 14.9 Å². The number of halogens is 3. The summed E-state index contributed by atoms with van der Waals surface area (Å²) < 4.78 is 39.6. The van der Waals surface area contributed by atoms with Gasteiger partial charge in [-0.15, -0.1) is 0 Å². The maximum atomic E-state index is 13.6. The van der Waals surface area contributed by atoms with E-state index < -0.39 is 17.5 Å². The highest BCUT2D eigenvalue weighted by Gasteiger charge is 2.22. The molecule has 1 aliphatic heterocycles. The minimum Gasteiger partial charge on any atom is -0.374 e. The number of aromatic nitrogens is 2. The lowest BCUT2D eigenvalue weighted by molar-refractivity contribution is -0.129. The minimum atomic E-state index is -1.56. The van der Waals surface area contributed by atoms with Gasteiger partial charge in [-0.05, 0) is 18.2 Å². The fourth-order valence-corrected chi connectivity index (χ4v) is 2.56. The molecule has 3 rings (SSSR count). The van der Waals surface area contributed by atoms with Crippen LogP contribution in [0.3, 0.4) is 0 Å². The molecule has 25 heavy (non-hydrogen) atoms. The van der Waals surface area contributed by atoms with Crippen LogP contribution in [0.2, 0.25) is 0 Å². The summed E-state index contributed by atoms with van der Waals surface area (Å²) >= 11 is 0. The predicted molar refractivity (Wildman–Crippen MR) is 85.6 cm³/mol. The molecule has 0 spiro atoms. The number of hydrogen-bond donors (Lipinski definition) is 1. The van der Waals surface area contributed by atoms with Crippen LogP contribution in [0.4, 0.5) is 24.8 Å². The van der Waals surface area contributed by atoms with Crippen molar-refractivity contribution < 1.29 is 18.0 Å². The zero-order chi connectivity index (χ0) is 17.8. The Morgan fingerprint density at radius 1 is 1.04 bits per heavy atom. The highest BCUT2D eigenvalue weighted by Crippen LogP contribution is 2.19. The molecule has 1 aromatic heterocycles. The van der Waals surface area contributed by atoms with E-state index in [1.807, 2.05) is 4.90 Å². The van der Waals surface area contributed by atoms with E-state index in [4.69, 9.17) is 0 Å². The average Bonchev–Trinajstić information content (AvgIpc) is 2.66. The summed E-state index contributed by atoms with van der Waals surface area (Å²) in [5.41, 5.74) is -0.247. The van der Waals surface area contributed by atoms with E-state index in [1.54, 1.807) is 23.4 Å². The number of nitrogens with one attached hydrogen (secondary N) is 1. The van der Waals surface area contributed by atoms with Crippen LogP contribution >= 0.6 is 0 Å². The van der Waals surface area contributed by atoms with Crippen molar-refractivity contribution in [2.45, 2.75) is 0 Å². The Bertz CT molecular complexity index is 751. The van der Waals surface area contributed by atoms with Gasteiger partial charge in [-0.3, -0.25) is 4.79 Å². The van der Waals surface area contributed by atoms with Gasteiger partial charge in [0.2, 0.25) is 11.9 Å². The van der Waals surface area contributed by atoms with Crippen LogP contribution in [-0.2, 0) is 4.79 Å². The van der Waals surface area contributed by atoms with Crippen LogP contribution in [0.5, 0.6) is 0 Å². The average molecular weight is 351 g/mol. The molecule has 0 aliphatic carbocycles. The number of amides is 1.